The van der Waals surface area contributed by atoms with E-state index in [9.17, 15) is 9.18 Å². The molecule has 0 heterocycles. The summed E-state index contributed by atoms with van der Waals surface area (Å²) in [5.41, 5.74) is 0.656. The molecule has 4 heteroatoms. The summed E-state index contributed by atoms with van der Waals surface area (Å²) in [6, 6.07) is 7.08. The summed E-state index contributed by atoms with van der Waals surface area (Å²) in [4.78, 5) is 11.7. The smallest absolute Gasteiger partial charge is 0.233 e. The molecular formula is C13H16FNOS. The molecule has 1 N–H and O–H groups in total. The molecule has 1 aliphatic carbocycles. The SMILES string of the molecule is CC(SCc1ccccc1F)C(=O)NC1CC1. The van der Waals surface area contributed by atoms with Gasteiger partial charge in [0.15, 0.2) is 0 Å². The summed E-state index contributed by atoms with van der Waals surface area (Å²) in [6.07, 6.45) is 2.19. The zero-order chi connectivity index (χ0) is 12.3. The number of hydrogen-bond donors (Lipinski definition) is 1. The lowest BCUT2D eigenvalue weighted by Gasteiger charge is -2.11. The van der Waals surface area contributed by atoms with Gasteiger partial charge in [-0.05, 0) is 31.4 Å². The van der Waals surface area contributed by atoms with Crippen LogP contribution in [0.4, 0.5) is 4.39 Å². The van der Waals surface area contributed by atoms with Gasteiger partial charge in [0.1, 0.15) is 5.82 Å². The van der Waals surface area contributed by atoms with Crippen LogP contribution in [0.1, 0.15) is 25.3 Å². The van der Waals surface area contributed by atoms with Crippen LogP contribution in [0.15, 0.2) is 24.3 Å². The second-order valence-corrected chi connectivity index (χ2v) is 5.66. The molecule has 17 heavy (non-hydrogen) atoms. The van der Waals surface area contributed by atoms with E-state index in [2.05, 4.69) is 5.32 Å². The Morgan fingerprint density at radius 3 is 2.88 bits per heavy atom. The van der Waals surface area contributed by atoms with Gasteiger partial charge in [-0.15, -0.1) is 11.8 Å². The van der Waals surface area contributed by atoms with Gasteiger partial charge in [0.25, 0.3) is 0 Å². The number of benzene rings is 1. The second kappa shape index (κ2) is 5.54. The lowest BCUT2D eigenvalue weighted by molar-refractivity contribution is -0.120. The zero-order valence-electron chi connectivity index (χ0n) is 9.78. The molecule has 1 aromatic rings. The fourth-order valence-electron chi connectivity index (χ4n) is 1.45. The molecule has 1 amide bonds. The number of halogens is 1. The van der Waals surface area contributed by atoms with E-state index >= 15 is 0 Å². The molecule has 1 aromatic carbocycles. The Labute approximate surface area is 105 Å². The lowest BCUT2D eigenvalue weighted by atomic mass is 10.2. The van der Waals surface area contributed by atoms with Gasteiger partial charge < -0.3 is 5.32 Å². The van der Waals surface area contributed by atoms with Crippen molar-refractivity contribution in [3.63, 3.8) is 0 Å². The van der Waals surface area contributed by atoms with E-state index in [0.29, 0.717) is 17.4 Å². The fourth-order valence-corrected chi connectivity index (χ4v) is 2.34. The van der Waals surface area contributed by atoms with Gasteiger partial charge in [0, 0.05) is 11.8 Å². The Balaban J connectivity index is 1.80. The monoisotopic (exact) mass is 253 g/mol. The van der Waals surface area contributed by atoms with Crippen LogP contribution >= 0.6 is 11.8 Å². The van der Waals surface area contributed by atoms with Crippen molar-refractivity contribution < 1.29 is 9.18 Å². The average molecular weight is 253 g/mol. The Morgan fingerprint density at radius 2 is 2.24 bits per heavy atom. The van der Waals surface area contributed by atoms with Gasteiger partial charge in [0.2, 0.25) is 5.91 Å². The van der Waals surface area contributed by atoms with Crippen molar-refractivity contribution in [1.82, 2.24) is 5.32 Å². The highest BCUT2D eigenvalue weighted by Crippen LogP contribution is 2.22. The molecule has 1 unspecified atom stereocenters. The summed E-state index contributed by atoms with van der Waals surface area (Å²) in [6.45, 7) is 1.86. The van der Waals surface area contributed by atoms with Crippen molar-refractivity contribution in [2.75, 3.05) is 0 Å². The van der Waals surface area contributed by atoms with Crippen molar-refractivity contribution in [1.29, 1.82) is 0 Å². The van der Waals surface area contributed by atoms with Gasteiger partial charge in [-0.25, -0.2) is 4.39 Å². The third kappa shape index (κ3) is 3.73. The van der Waals surface area contributed by atoms with Gasteiger partial charge >= 0.3 is 0 Å². The predicted octanol–water partition coefficient (Wildman–Crippen LogP) is 2.73. The van der Waals surface area contributed by atoms with Crippen LogP contribution in [-0.2, 0) is 10.5 Å². The van der Waals surface area contributed by atoms with E-state index < -0.39 is 0 Å². The van der Waals surface area contributed by atoms with E-state index in [0.717, 1.165) is 12.8 Å². The molecule has 0 spiro atoms. The first-order chi connectivity index (χ1) is 8.16. The van der Waals surface area contributed by atoms with Crippen molar-refractivity contribution >= 4 is 17.7 Å². The molecule has 1 aliphatic rings. The largest absolute Gasteiger partial charge is 0.352 e. The van der Waals surface area contributed by atoms with Crippen molar-refractivity contribution in [2.24, 2.45) is 0 Å². The van der Waals surface area contributed by atoms with E-state index in [1.54, 1.807) is 12.1 Å². The summed E-state index contributed by atoms with van der Waals surface area (Å²) >= 11 is 1.47. The van der Waals surface area contributed by atoms with Crippen LogP contribution in [0.3, 0.4) is 0 Å². The lowest BCUT2D eigenvalue weighted by Crippen LogP contribution is -2.32. The number of hydrogen-bond acceptors (Lipinski definition) is 2. The Bertz CT molecular complexity index is 406. The Kier molecular flexibility index (Phi) is 4.05. The van der Waals surface area contributed by atoms with Gasteiger partial charge in [0.05, 0.1) is 5.25 Å². The minimum Gasteiger partial charge on any atom is -0.352 e. The van der Waals surface area contributed by atoms with E-state index in [-0.39, 0.29) is 17.0 Å². The van der Waals surface area contributed by atoms with Crippen molar-refractivity contribution in [3.8, 4) is 0 Å². The van der Waals surface area contributed by atoms with Crippen molar-refractivity contribution in [3.05, 3.63) is 35.6 Å². The third-order valence-corrected chi connectivity index (χ3v) is 3.93. The van der Waals surface area contributed by atoms with Crippen molar-refractivity contribution in [2.45, 2.75) is 36.8 Å². The van der Waals surface area contributed by atoms with Gasteiger partial charge in [-0.3, -0.25) is 4.79 Å². The van der Waals surface area contributed by atoms with Crippen LogP contribution in [-0.4, -0.2) is 17.2 Å². The van der Waals surface area contributed by atoms with Crippen LogP contribution in [0.25, 0.3) is 0 Å². The molecule has 1 fully saturated rings. The van der Waals surface area contributed by atoms with Crippen LogP contribution < -0.4 is 5.32 Å². The number of rotatable bonds is 5. The molecule has 92 valence electrons. The number of nitrogens with one attached hydrogen (secondary N) is 1. The maximum Gasteiger partial charge on any atom is 0.233 e. The van der Waals surface area contributed by atoms with Crippen LogP contribution in [0, 0.1) is 5.82 Å². The Morgan fingerprint density at radius 1 is 1.53 bits per heavy atom. The first kappa shape index (κ1) is 12.4. The minimum atomic E-state index is -0.199. The molecule has 2 rings (SSSR count). The molecule has 0 aromatic heterocycles. The average Bonchev–Trinajstić information content (AvgIpc) is 3.11. The standard InChI is InChI=1S/C13H16FNOS/c1-9(13(16)15-11-6-7-11)17-8-10-4-2-3-5-12(10)14/h2-5,9,11H,6-8H2,1H3,(H,15,16). The first-order valence-electron chi connectivity index (χ1n) is 5.82. The molecule has 0 saturated heterocycles. The molecule has 2 nitrogen and oxygen atoms in total. The molecular weight excluding hydrogens is 237 g/mol. The number of amides is 1. The van der Waals surface area contributed by atoms with E-state index in [1.807, 2.05) is 13.0 Å². The Hall–Kier alpha value is -1.03. The van der Waals surface area contributed by atoms with E-state index in [4.69, 9.17) is 0 Å². The highest BCUT2D eigenvalue weighted by Gasteiger charge is 2.25. The second-order valence-electron chi connectivity index (χ2n) is 4.33. The number of carbonyl (C=O) groups excluding carboxylic acids is 1. The molecule has 1 atom stereocenters. The van der Waals surface area contributed by atoms with Crippen LogP contribution in [0.2, 0.25) is 0 Å². The van der Waals surface area contributed by atoms with Crippen LogP contribution in [0.5, 0.6) is 0 Å². The zero-order valence-corrected chi connectivity index (χ0v) is 10.6. The predicted molar refractivity (Wildman–Crippen MR) is 68.3 cm³/mol. The summed E-state index contributed by atoms with van der Waals surface area (Å²) in [5.74, 6) is 0.398. The molecule has 0 radical (unpaired) electrons. The van der Waals surface area contributed by atoms with Gasteiger partial charge in [-0.1, -0.05) is 18.2 Å². The summed E-state index contributed by atoms with van der Waals surface area (Å²) in [7, 11) is 0. The topological polar surface area (TPSA) is 29.1 Å². The number of thioether (sulfide) groups is 1. The first-order valence-corrected chi connectivity index (χ1v) is 6.87. The maximum atomic E-state index is 13.3. The highest BCUT2D eigenvalue weighted by molar-refractivity contribution is 7.99. The van der Waals surface area contributed by atoms with E-state index in [1.165, 1.54) is 17.8 Å². The molecule has 1 saturated carbocycles. The normalized spacial score (nSPS) is 16.6. The van der Waals surface area contributed by atoms with Gasteiger partial charge in [-0.2, -0.15) is 0 Å². The third-order valence-electron chi connectivity index (χ3n) is 2.74. The summed E-state index contributed by atoms with van der Waals surface area (Å²) in [5, 5.41) is 2.82. The quantitative estimate of drug-likeness (QED) is 0.874. The fraction of sp³-hybridized carbons (Fsp3) is 0.462. The molecule has 0 aliphatic heterocycles. The highest BCUT2D eigenvalue weighted by atomic mass is 32.2. The summed E-state index contributed by atoms with van der Waals surface area (Å²) < 4.78 is 13.3. The maximum absolute atomic E-state index is 13.3. The number of carbonyl (C=O) groups is 1. The molecule has 0 bridgehead atoms. The minimum absolute atomic E-state index is 0.0637.